The first kappa shape index (κ1) is 15.1. The molecule has 2 heterocycles. The minimum absolute atomic E-state index is 0.478. The van der Waals surface area contributed by atoms with Gasteiger partial charge in [0.1, 0.15) is 5.69 Å². The highest BCUT2D eigenvalue weighted by Gasteiger charge is 2.17. The van der Waals surface area contributed by atoms with Crippen LogP contribution < -0.4 is 5.76 Å². The van der Waals surface area contributed by atoms with Crippen LogP contribution in [0.4, 0.5) is 0 Å². The molecule has 0 fully saturated rings. The summed E-state index contributed by atoms with van der Waals surface area (Å²) in [6.07, 6.45) is 0.990. The molecule has 4 rings (SSSR count). The number of hydrogen-bond donors (Lipinski definition) is 1. The van der Waals surface area contributed by atoms with E-state index in [0.717, 1.165) is 22.6 Å². The Bertz CT molecular complexity index is 960. The van der Waals surface area contributed by atoms with Crippen LogP contribution in [0.3, 0.4) is 0 Å². The molecular formula is C19H15N3O3. The summed E-state index contributed by atoms with van der Waals surface area (Å²) in [6.45, 7) is 0. The number of H-pyrrole nitrogens is 1. The molecule has 0 aliphatic rings. The summed E-state index contributed by atoms with van der Waals surface area (Å²) in [7, 11) is 0. The molecule has 0 amide bonds. The van der Waals surface area contributed by atoms with Crippen LogP contribution in [0, 0.1) is 0 Å². The van der Waals surface area contributed by atoms with Crippen LogP contribution in [0.25, 0.3) is 22.6 Å². The van der Waals surface area contributed by atoms with Gasteiger partial charge in [-0.1, -0.05) is 65.8 Å². The molecule has 2 aromatic carbocycles. The summed E-state index contributed by atoms with van der Waals surface area (Å²) >= 11 is 0. The largest absolute Gasteiger partial charge is 0.440 e. The molecule has 0 saturated heterocycles. The Morgan fingerprint density at radius 2 is 1.56 bits per heavy atom. The number of aromatic amines is 1. The Labute approximate surface area is 143 Å². The standard InChI is InChI=1S/C19H15N3O3/c23-19-20-15(22-25-19)11-12-16-21-17(13-7-3-1-4-8-13)18(24-16)14-9-5-2-6-10-14/h1-10H,11-12H2,(H,20,22,23). The maximum atomic E-state index is 11.0. The average Bonchev–Trinajstić information content (AvgIpc) is 3.28. The molecule has 6 nitrogen and oxygen atoms in total. The van der Waals surface area contributed by atoms with Crippen molar-refractivity contribution < 1.29 is 8.94 Å². The third-order valence-electron chi connectivity index (χ3n) is 3.82. The normalized spacial score (nSPS) is 10.9. The van der Waals surface area contributed by atoms with Gasteiger partial charge in [0.15, 0.2) is 17.5 Å². The van der Waals surface area contributed by atoms with Crippen LogP contribution in [-0.2, 0) is 12.8 Å². The number of nitrogens with one attached hydrogen (secondary N) is 1. The van der Waals surface area contributed by atoms with Gasteiger partial charge in [-0.25, -0.2) is 9.78 Å². The second kappa shape index (κ2) is 6.60. The Morgan fingerprint density at radius 1 is 0.880 bits per heavy atom. The summed E-state index contributed by atoms with van der Waals surface area (Å²) < 4.78 is 10.5. The third kappa shape index (κ3) is 3.28. The maximum absolute atomic E-state index is 11.0. The minimum Gasteiger partial charge on any atom is -0.440 e. The molecule has 0 spiro atoms. The minimum atomic E-state index is -0.558. The molecule has 4 aromatic rings. The van der Waals surface area contributed by atoms with Crippen molar-refractivity contribution in [1.29, 1.82) is 0 Å². The summed E-state index contributed by atoms with van der Waals surface area (Å²) in [5.41, 5.74) is 2.76. The molecule has 0 aliphatic heterocycles. The number of aryl methyl sites for hydroxylation is 2. The van der Waals surface area contributed by atoms with E-state index in [2.05, 4.69) is 19.6 Å². The lowest BCUT2D eigenvalue weighted by Crippen LogP contribution is -1.99. The summed E-state index contributed by atoms with van der Waals surface area (Å²) in [4.78, 5) is 18.2. The first-order valence-corrected chi connectivity index (χ1v) is 7.95. The van der Waals surface area contributed by atoms with E-state index in [1.165, 1.54) is 0 Å². The predicted octanol–water partition coefficient (Wildman–Crippen LogP) is 3.47. The van der Waals surface area contributed by atoms with Gasteiger partial charge in [0.25, 0.3) is 0 Å². The van der Waals surface area contributed by atoms with Gasteiger partial charge in [-0.15, -0.1) is 0 Å². The molecule has 0 aliphatic carbocycles. The number of oxazole rings is 1. The summed E-state index contributed by atoms with van der Waals surface area (Å²) in [5, 5.41) is 3.66. The van der Waals surface area contributed by atoms with Crippen molar-refractivity contribution in [3.63, 3.8) is 0 Å². The van der Waals surface area contributed by atoms with Crippen LogP contribution in [0.1, 0.15) is 11.7 Å². The fourth-order valence-corrected chi connectivity index (χ4v) is 2.64. The van der Waals surface area contributed by atoms with Crippen molar-refractivity contribution in [2.24, 2.45) is 0 Å². The fourth-order valence-electron chi connectivity index (χ4n) is 2.64. The molecule has 0 saturated carbocycles. The number of hydrogen-bond acceptors (Lipinski definition) is 5. The number of benzene rings is 2. The molecule has 6 heteroatoms. The predicted molar refractivity (Wildman–Crippen MR) is 91.9 cm³/mol. The zero-order valence-electron chi connectivity index (χ0n) is 13.3. The number of aromatic nitrogens is 3. The van der Waals surface area contributed by atoms with Crippen molar-refractivity contribution in [2.45, 2.75) is 12.8 Å². The van der Waals surface area contributed by atoms with Crippen LogP contribution >= 0.6 is 0 Å². The summed E-state index contributed by atoms with van der Waals surface area (Å²) in [6, 6.07) is 19.8. The van der Waals surface area contributed by atoms with E-state index in [1.54, 1.807) is 0 Å². The van der Waals surface area contributed by atoms with Gasteiger partial charge in [-0.2, -0.15) is 0 Å². The van der Waals surface area contributed by atoms with E-state index < -0.39 is 5.76 Å². The Hall–Kier alpha value is -3.41. The maximum Gasteiger partial charge on any atom is 0.438 e. The van der Waals surface area contributed by atoms with Gasteiger partial charge in [0.2, 0.25) is 0 Å². The second-order valence-corrected chi connectivity index (χ2v) is 5.56. The van der Waals surface area contributed by atoms with Crippen LogP contribution in [0.5, 0.6) is 0 Å². The summed E-state index contributed by atoms with van der Waals surface area (Å²) in [5.74, 6) is 1.24. The highest BCUT2D eigenvalue weighted by molar-refractivity contribution is 5.76. The molecule has 0 atom stereocenters. The van der Waals surface area contributed by atoms with Crippen LogP contribution in [0.15, 0.2) is 74.4 Å². The van der Waals surface area contributed by atoms with Crippen molar-refractivity contribution in [3.8, 4) is 22.6 Å². The van der Waals surface area contributed by atoms with Crippen molar-refractivity contribution >= 4 is 0 Å². The van der Waals surface area contributed by atoms with E-state index in [1.807, 2.05) is 60.7 Å². The highest BCUT2D eigenvalue weighted by atomic mass is 16.5. The topological polar surface area (TPSA) is 84.9 Å². The zero-order valence-corrected chi connectivity index (χ0v) is 13.3. The third-order valence-corrected chi connectivity index (χ3v) is 3.82. The van der Waals surface area contributed by atoms with E-state index in [-0.39, 0.29) is 0 Å². The molecular weight excluding hydrogens is 318 g/mol. The SMILES string of the molecule is O=c1[nH]c(CCc2nc(-c3ccccc3)c(-c3ccccc3)o2)no1. The molecule has 2 aromatic heterocycles. The van der Waals surface area contributed by atoms with Crippen molar-refractivity contribution in [2.75, 3.05) is 0 Å². The van der Waals surface area contributed by atoms with Gasteiger partial charge < -0.3 is 4.42 Å². The van der Waals surface area contributed by atoms with Gasteiger partial charge in [0, 0.05) is 24.0 Å². The van der Waals surface area contributed by atoms with E-state index in [4.69, 9.17) is 4.42 Å². The van der Waals surface area contributed by atoms with E-state index >= 15 is 0 Å². The number of rotatable bonds is 5. The molecule has 1 N–H and O–H groups in total. The monoisotopic (exact) mass is 333 g/mol. The Kier molecular flexibility index (Phi) is 4.00. The molecule has 0 bridgehead atoms. The van der Waals surface area contributed by atoms with Gasteiger partial charge in [-0.3, -0.25) is 9.51 Å². The Balaban J connectivity index is 1.69. The lowest BCUT2D eigenvalue weighted by molar-refractivity contribution is 0.380. The molecule has 0 radical (unpaired) electrons. The molecule has 0 unspecified atom stereocenters. The van der Waals surface area contributed by atoms with Crippen LogP contribution in [-0.4, -0.2) is 15.1 Å². The van der Waals surface area contributed by atoms with Crippen molar-refractivity contribution in [3.05, 3.63) is 82.9 Å². The second-order valence-electron chi connectivity index (χ2n) is 5.56. The number of nitrogens with zero attached hydrogens (tertiary/aromatic N) is 2. The first-order valence-electron chi connectivity index (χ1n) is 7.95. The zero-order chi connectivity index (χ0) is 17.1. The molecule has 25 heavy (non-hydrogen) atoms. The Morgan fingerprint density at radius 3 is 2.20 bits per heavy atom. The van der Waals surface area contributed by atoms with Crippen molar-refractivity contribution in [1.82, 2.24) is 15.1 Å². The van der Waals surface area contributed by atoms with Gasteiger partial charge in [-0.05, 0) is 0 Å². The molecule has 124 valence electrons. The highest BCUT2D eigenvalue weighted by Crippen LogP contribution is 2.32. The average molecular weight is 333 g/mol. The van der Waals surface area contributed by atoms with Gasteiger partial charge in [0.05, 0.1) is 0 Å². The lowest BCUT2D eigenvalue weighted by Gasteiger charge is -2.00. The van der Waals surface area contributed by atoms with Gasteiger partial charge >= 0.3 is 5.76 Å². The quantitative estimate of drug-likeness (QED) is 0.604. The van der Waals surface area contributed by atoms with E-state index in [9.17, 15) is 4.79 Å². The van der Waals surface area contributed by atoms with Crippen LogP contribution in [0.2, 0.25) is 0 Å². The van der Waals surface area contributed by atoms with E-state index in [0.29, 0.717) is 24.6 Å². The first-order chi connectivity index (χ1) is 12.3. The smallest absolute Gasteiger partial charge is 0.438 e. The fraction of sp³-hybridized carbons (Fsp3) is 0.105. The lowest BCUT2D eigenvalue weighted by atomic mass is 10.1.